The third-order valence-electron chi connectivity index (χ3n) is 5.21. The summed E-state index contributed by atoms with van der Waals surface area (Å²) in [5.74, 6) is 1.55. The summed E-state index contributed by atoms with van der Waals surface area (Å²) in [6.45, 7) is 1.12. The number of benzene rings is 2. The number of para-hydroxylation sites is 1. The molecule has 0 aliphatic heterocycles. The number of rotatable bonds is 3. The second kappa shape index (κ2) is 4.87. The summed E-state index contributed by atoms with van der Waals surface area (Å²) >= 11 is 0. The maximum atomic E-state index is 6.17. The molecule has 0 atom stereocenters. The smallest absolute Gasteiger partial charge is 0.129 e. The van der Waals surface area contributed by atoms with Crippen LogP contribution in [-0.2, 0) is 13.6 Å². The fraction of sp³-hybridized carbons (Fsp3) is 0.250. The Morgan fingerprint density at radius 3 is 2.62 bits per heavy atom. The van der Waals surface area contributed by atoms with Crippen LogP contribution in [0.1, 0.15) is 12.8 Å². The average Bonchev–Trinajstić information content (AvgIpc) is 3.30. The molecule has 4 aromatic rings. The maximum absolute atomic E-state index is 6.17. The molecule has 1 aliphatic carbocycles. The van der Waals surface area contributed by atoms with Gasteiger partial charge in [0.15, 0.2) is 0 Å². The lowest BCUT2D eigenvalue weighted by molar-refractivity contribution is 0.664. The van der Waals surface area contributed by atoms with E-state index in [0.717, 1.165) is 23.6 Å². The molecule has 0 spiro atoms. The summed E-state index contributed by atoms with van der Waals surface area (Å²) in [4.78, 5) is 0. The molecule has 2 heterocycles. The Balaban J connectivity index is 1.77. The van der Waals surface area contributed by atoms with Crippen molar-refractivity contribution in [3.05, 3.63) is 48.7 Å². The van der Waals surface area contributed by atoms with E-state index in [-0.39, 0.29) is 0 Å². The zero-order valence-corrected chi connectivity index (χ0v) is 13.7. The monoisotopic (exact) mass is 316 g/mol. The van der Waals surface area contributed by atoms with Gasteiger partial charge < -0.3 is 10.3 Å². The number of hydrogen-bond acceptors (Lipinski definition) is 2. The molecule has 0 bridgehead atoms. The summed E-state index contributed by atoms with van der Waals surface area (Å²) < 4.78 is 4.20. The highest BCUT2D eigenvalue weighted by atomic mass is 15.3. The molecule has 1 fully saturated rings. The minimum Gasteiger partial charge on any atom is -0.383 e. The largest absolute Gasteiger partial charge is 0.383 e. The first-order chi connectivity index (χ1) is 11.7. The molecular formula is C20H20N4. The Morgan fingerprint density at radius 1 is 1.08 bits per heavy atom. The van der Waals surface area contributed by atoms with E-state index < -0.39 is 0 Å². The van der Waals surface area contributed by atoms with Crippen molar-refractivity contribution >= 4 is 27.6 Å². The average molecular weight is 316 g/mol. The molecule has 2 aromatic carbocycles. The molecule has 4 nitrogen and oxygen atoms in total. The molecule has 5 rings (SSSR count). The Morgan fingerprint density at radius 2 is 1.88 bits per heavy atom. The van der Waals surface area contributed by atoms with Crippen molar-refractivity contribution in [1.29, 1.82) is 0 Å². The van der Waals surface area contributed by atoms with E-state index in [1.54, 1.807) is 4.68 Å². The van der Waals surface area contributed by atoms with E-state index >= 15 is 0 Å². The van der Waals surface area contributed by atoms with Crippen LogP contribution in [0.25, 0.3) is 32.9 Å². The summed E-state index contributed by atoms with van der Waals surface area (Å²) in [6, 6.07) is 15.4. The van der Waals surface area contributed by atoms with Gasteiger partial charge in [0.2, 0.25) is 0 Å². The Bertz CT molecular complexity index is 1070. The standard InChI is InChI=1S/C20H20N4/c1-23-20(21)17(11-22-23)14-8-9-19-16(10-14)15-4-2-3-5-18(15)24(19)12-13-6-7-13/h2-5,8-11,13H,6-7,12,21H2,1H3. The molecule has 120 valence electrons. The molecule has 4 heteroatoms. The molecule has 2 N–H and O–H groups in total. The van der Waals surface area contributed by atoms with Gasteiger partial charge in [0.25, 0.3) is 0 Å². The highest BCUT2D eigenvalue weighted by molar-refractivity contribution is 6.09. The molecule has 1 saturated carbocycles. The summed E-state index contributed by atoms with van der Waals surface area (Å²) in [5.41, 5.74) is 10.9. The highest BCUT2D eigenvalue weighted by Gasteiger charge is 2.23. The van der Waals surface area contributed by atoms with Crippen molar-refractivity contribution in [3.8, 4) is 11.1 Å². The lowest BCUT2D eigenvalue weighted by atomic mass is 10.0. The number of aromatic nitrogens is 3. The first-order valence-corrected chi connectivity index (χ1v) is 8.51. The van der Waals surface area contributed by atoms with Gasteiger partial charge >= 0.3 is 0 Å². The van der Waals surface area contributed by atoms with Crippen LogP contribution >= 0.6 is 0 Å². The van der Waals surface area contributed by atoms with E-state index in [2.05, 4.69) is 52.1 Å². The van der Waals surface area contributed by atoms with Gasteiger partial charge in [-0.3, -0.25) is 4.68 Å². The number of nitrogens with two attached hydrogens (primary N) is 1. The Labute approximate surface area is 140 Å². The fourth-order valence-electron chi connectivity index (χ4n) is 3.65. The minimum absolute atomic E-state index is 0.705. The van der Waals surface area contributed by atoms with Crippen LogP contribution in [0.2, 0.25) is 0 Å². The van der Waals surface area contributed by atoms with Crippen LogP contribution in [0, 0.1) is 5.92 Å². The second-order valence-corrected chi connectivity index (χ2v) is 6.87. The predicted octanol–water partition coefficient (Wildman–Crippen LogP) is 4.19. The third-order valence-corrected chi connectivity index (χ3v) is 5.21. The Hall–Kier alpha value is -2.75. The lowest BCUT2D eigenvalue weighted by Gasteiger charge is -2.07. The van der Waals surface area contributed by atoms with Crippen LogP contribution in [0.4, 0.5) is 5.82 Å². The summed E-state index contributed by atoms with van der Waals surface area (Å²) in [7, 11) is 1.87. The number of hydrogen-bond donors (Lipinski definition) is 1. The number of nitrogens with zero attached hydrogens (tertiary/aromatic N) is 3. The first kappa shape index (κ1) is 13.7. The van der Waals surface area contributed by atoms with Crippen molar-refractivity contribution < 1.29 is 0 Å². The zero-order valence-electron chi connectivity index (χ0n) is 13.7. The van der Waals surface area contributed by atoms with Crippen molar-refractivity contribution in [3.63, 3.8) is 0 Å². The van der Waals surface area contributed by atoms with Crippen molar-refractivity contribution in [2.45, 2.75) is 19.4 Å². The van der Waals surface area contributed by atoms with Crippen molar-refractivity contribution in [2.75, 3.05) is 5.73 Å². The van der Waals surface area contributed by atoms with Gasteiger partial charge in [-0.15, -0.1) is 0 Å². The van der Waals surface area contributed by atoms with Crippen LogP contribution in [-0.4, -0.2) is 14.3 Å². The maximum Gasteiger partial charge on any atom is 0.129 e. The molecule has 1 aliphatic rings. The van der Waals surface area contributed by atoms with Gasteiger partial charge in [0.1, 0.15) is 5.82 Å². The van der Waals surface area contributed by atoms with Crippen molar-refractivity contribution in [2.24, 2.45) is 13.0 Å². The molecule has 2 aromatic heterocycles. The van der Waals surface area contributed by atoms with Gasteiger partial charge in [-0.1, -0.05) is 24.3 Å². The van der Waals surface area contributed by atoms with Crippen LogP contribution in [0.15, 0.2) is 48.7 Å². The first-order valence-electron chi connectivity index (χ1n) is 8.51. The number of aryl methyl sites for hydroxylation is 1. The highest BCUT2D eigenvalue weighted by Crippen LogP contribution is 2.37. The summed E-state index contributed by atoms with van der Waals surface area (Å²) in [6.07, 6.45) is 4.57. The molecule has 24 heavy (non-hydrogen) atoms. The molecule has 0 saturated heterocycles. The fourth-order valence-corrected chi connectivity index (χ4v) is 3.65. The second-order valence-electron chi connectivity index (χ2n) is 6.87. The van der Waals surface area contributed by atoms with E-state index in [0.29, 0.717) is 5.82 Å². The number of nitrogen functional groups attached to an aromatic ring is 1. The van der Waals surface area contributed by atoms with Crippen LogP contribution in [0.5, 0.6) is 0 Å². The van der Waals surface area contributed by atoms with Crippen molar-refractivity contribution in [1.82, 2.24) is 14.3 Å². The quantitative estimate of drug-likeness (QED) is 0.616. The van der Waals surface area contributed by atoms with Gasteiger partial charge in [-0.25, -0.2) is 0 Å². The zero-order chi connectivity index (χ0) is 16.3. The SMILES string of the molecule is Cn1ncc(-c2ccc3c(c2)c2ccccc2n3CC2CC2)c1N. The third kappa shape index (κ3) is 1.96. The molecule has 0 unspecified atom stereocenters. The molecule has 0 amide bonds. The van der Waals surface area contributed by atoms with E-state index in [9.17, 15) is 0 Å². The van der Waals surface area contributed by atoms with Crippen LogP contribution < -0.4 is 5.73 Å². The lowest BCUT2D eigenvalue weighted by Crippen LogP contribution is -1.99. The van der Waals surface area contributed by atoms with E-state index in [1.165, 1.54) is 34.6 Å². The van der Waals surface area contributed by atoms with E-state index in [4.69, 9.17) is 5.73 Å². The summed E-state index contributed by atoms with van der Waals surface area (Å²) in [5, 5.41) is 6.89. The van der Waals surface area contributed by atoms with Gasteiger partial charge in [-0.2, -0.15) is 5.10 Å². The van der Waals surface area contributed by atoms with Gasteiger partial charge in [0.05, 0.1) is 6.20 Å². The normalized spacial score (nSPS) is 14.7. The molecule has 0 radical (unpaired) electrons. The minimum atomic E-state index is 0.705. The van der Waals surface area contributed by atoms with Gasteiger partial charge in [-0.05, 0) is 42.5 Å². The topological polar surface area (TPSA) is 48.8 Å². The van der Waals surface area contributed by atoms with Gasteiger partial charge in [0, 0.05) is 41.0 Å². The molecular weight excluding hydrogens is 296 g/mol. The number of fused-ring (bicyclic) bond motifs is 3. The predicted molar refractivity (Wildman–Crippen MR) is 98.8 cm³/mol. The van der Waals surface area contributed by atoms with E-state index in [1.807, 2.05) is 13.2 Å². The number of anilines is 1. The Kier molecular flexibility index (Phi) is 2.77. The van der Waals surface area contributed by atoms with Crippen LogP contribution in [0.3, 0.4) is 0 Å².